The second kappa shape index (κ2) is 7.32. The standard InChI is InChI=1S/C18H25N3O3/c1-19-11-12-21(13-16(19)18(23)24)15-7-9-20(10-8-15)17(22)14-5-3-2-4-6-14/h2-6,15-16H,7-13H2,1H3,(H,23,24)/t16-/m0/s1. The molecule has 0 unspecified atom stereocenters. The third-order valence-electron chi connectivity index (χ3n) is 5.25. The average molecular weight is 331 g/mol. The van der Waals surface area contributed by atoms with E-state index in [1.54, 1.807) is 0 Å². The van der Waals surface area contributed by atoms with Crippen LogP contribution in [0.15, 0.2) is 30.3 Å². The summed E-state index contributed by atoms with van der Waals surface area (Å²) in [5.41, 5.74) is 0.737. The van der Waals surface area contributed by atoms with Crippen molar-refractivity contribution in [2.75, 3.05) is 39.8 Å². The quantitative estimate of drug-likeness (QED) is 0.895. The lowest BCUT2D eigenvalue weighted by atomic mass is 10.00. The minimum atomic E-state index is -0.751. The Hall–Kier alpha value is -1.92. The number of hydrogen-bond acceptors (Lipinski definition) is 4. The first kappa shape index (κ1) is 16.9. The van der Waals surface area contributed by atoms with Gasteiger partial charge in [0.25, 0.3) is 5.91 Å². The fourth-order valence-corrected chi connectivity index (χ4v) is 3.69. The number of aliphatic carboxylic acids is 1. The van der Waals surface area contributed by atoms with Crippen LogP contribution in [0.1, 0.15) is 23.2 Å². The smallest absolute Gasteiger partial charge is 0.322 e. The van der Waals surface area contributed by atoms with E-state index in [1.807, 2.05) is 47.2 Å². The first-order valence-electron chi connectivity index (χ1n) is 8.57. The first-order chi connectivity index (χ1) is 11.6. The molecular weight excluding hydrogens is 306 g/mol. The minimum absolute atomic E-state index is 0.0934. The average Bonchev–Trinajstić information content (AvgIpc) is 2.62. The minimum Gasteiger partial charge on any atom is -0.480 e. The topological polar surface area (TPSA) is 64.1 Å². The van der Waals surface area contributed by atoms with Crippen LogP contribution in [0.3, 0.4) is 0 Å². The van der Waals surface area contributed by atoms with E-state index >= 15 is 0 Å². The highest BCUT2D eigenvalue weighted by Crippen LogP contribution is 2.21. The molecule has 0 bridgehead atoms. The van der Waals surface area contributed by atoms with Crippen LogP contribution in [0.4, 0.5) is 0 Å². The van der Waals surface area contributed by atoms with Gasteiger partial charge in [-0.15, -0.1) is 0 Å². The van der Waals surface area contributed by atoms with Crippen molar-refractivity contribution in [3.05, 3.63) is 35.9 Å². The van der Waals surface area contributed by atoms with Gasteiger partial charge in [-0.05, 0) is 32.0 Å². The molecule has 6 heteroatoms. The van der Waals surface area contributed by atoms with E-state index in [1.165, 1.54) is 0 Å². The first-order valence-corrected chi connectivity index (χ1v) is 8.57. The zero-order valence-corrected chi connectivity index (χ0v) is 14.1. The summed E-state index contributed by atoms with van der Waals surface area (Å²) in [6.07, 6.45) is 1.82. The predicted molar refractivity (Wildman–Crippen MR) is 91.0 cm³/mol. The molecule has 130 valence electrons. The number of likely N-dealkylation sites (N-methyl/N-ethyl adjacent to an activating group) is 1. The molecule has 0 radical (unpaired) electrons. The lowest BCUT2D eigenvalue weighted by molar-refractivity contribution is -0.145. The lowest BCUT2D eigenvalue weighted by Gasteiger charge is -2.44. The molecule has 1 aromatic rings. The third-order valence-corrected chi connectivity index (χ3v) is 5.25. The summed E-state index contributed by atoms with van der Waals surface area (Å²) in [7, 11) is 1.87. The molecule has 2 heterocycles. The molecule has 1 amide bonds. The molecule has 0 aromatic heterocycles. The molecule has 0 spiro atoms. The van der Waals surface area contributed by atoms with E-state index in [9.17, 15) is 14.7 Å². The van der Waals surface area contributed by atoms with Crippen molar-refractivity contribution in [3.63, 3.8) is 0 Å². The SMILES string of the molecule is CN1CCN(C2CCN(C(=O)c3ccccc3)CC2)C[C@H]1C(=O)O. The van der Waals surface area contributed by atoms with Gasteiger partial charge < -0.3 is 10.0 Å². The van der Waals surface area contributed by atoms with Crippen LogP contribution >= 0.6 is 0 Å². The van der Waals surface area contributed by atoms with Crippen LogP contribution < -0.4 is 0 Å². The van der Waals surface area contributed by atoms with Gasteiger partial charge in [-0.2, -0.15) is 0 Å². The molecule has 0 aliphatic carbocycles. The van der Waals surface area contributed by atoms with Crippen molar-refractivity contribution in [1.82, 2.24) is 14.7 Å². The Morgan fingerprint density at radius 2 is 1.71 bits per heavy atom. The van der Waals surface area contributed by atoms with Crippen molar-refractivity contribution < 1.29 is 14.7 Å². The number of amides is 1. The molecular formula is C18H25N3O3. The lowest BCUT2D eigenvalue weighted by Crippen LogP contribution is -2.58. The normalized spacial score (nSPS) is 24.0. The Morgan fingerprint density at radius 3 is 2.33 bits per heavy atom. The summed E-state index contributed by atoms with van der Waals surface area (Å²) < 4.78 is 0. The number of rotatable bonds is 3. The van der Waals surface area contributed by atoms with Crippen LogP contribution in [0.5, 0.6) is 0 Å². The number of carbonyl (C=O) groups is 2. The van der Waals surface area contributed by atoms with Crippen LogP contribution in [0.25, 0.3) is 0 Å². The number of piperazine rings is 1. The Balaban J connectivity index is 1.55. The number of carboxylic acids is 1. The van der Waals surface area contributed by atoms with E-state index < -0.39 is 12.0 Å². The summed E-state index contributed by atoms with van der Waals surface area (Å²) >= 11 is 0. The van der Waals surface area contributed by atoms with Gasteiger partial charge in [-0.25, -0.2) is 0 Å². The summed E-state index contributed by atoms with van der Waals surface area (Å²) in [5, 5.41) is 9.34. The van der Waals surface area contributed by atoms with Crippen LogP contribution in [0, 0.1) is 0 Å². The maximum Gasteiger partial charge on any atom is 0.322 e. The molecule has 1 atom stereocenters. The summed E-state index contributed by atoms with van der Waals surface area (Å²) in [6.45, 7) is 3.73. The largest absolute Gasteiger partial charge is 0.480 e. The second-order valence-electron chi connectivity index (χ2n) is 6.72. The number of nitrogens with zero attached hydrogens (tertiary/aromatic N) is 3. The molecule has 1 N–H and O–H groups in total. The molecule has 2 aliphatic rings. The van der Waals surface area contributed by atoms with Crippen molar-refractivity contribution in [1.29, 1.82) is 0 Å². The van der Waals surface area contributed by atoms with Gasteiger partial charge in [-0.3, -0.25) is 19.4 Å². The maximum atomic E-state index is 12.5. The van der Waals surface area contributed by atoms with E-state index in [-0.39, 0.29) is 5.91 Å². The van der Waals surface area contributed by atoms with E-state index in [0.29, 0.717) is 12.6 Å². The maximum absolute atomic E-state index is 12.5. The number of likely N-dealkylation sites (tertiary alicyclic amines) is 1. The van der Waals surface area contributed by atoms with Crippen molar-refractivity contribution in [3.8, 4) is 0 Å². The van der Waals surface area contributed by atoms with Gasteiger partial charge in [0, 0.05) is 44.3 Å². The van der Waals surface area contributed by atoms with Gasteiger partial charge in [0.15, 0.2) is 0 Å². The van der Waals surface area contributed by atoms with Gasteiger partial charge in [0.1, 0.15) is 6.04 Å². The molecule has 6 nitrogen and oxygen atoms in total. The Bertz CT molecular complexity index is 584. The number of hydrogen-bond donors (Lipinski definition) is 1. The third kappa shape index (κ3) is 3.60. The molecule has 2 aliphatic heterocycles. The monoisotopic (exact) mass is 331 g/mol. The number of carboxylic acid groups (broad SMARTS) is 1. The Kier molecular flexibility index (Phi) is 5.16. The van der Waals surface area contributed by atoms with Gasteiger partial charge in [0.05, 0.1) is 0 Å². The zero-order chi connectivity index (χ0) is 17.1. The highest BCUT2D eigenvalue weighted by Gasteiger charge is 2.34. The zero-order valence-electron chi connectivity index (χ0n) is 14.1. The second-order valence-corrected chi connectivity index (χ2v) is 6.72. The number of carbonyl (C=O) groups excluding carboxylic acids is 1. The van der Waals surface area contributed by atoms with Crippen molar-refractivity contribution in [2.24, 2.45) is 0 Å². The molecule has 1 aromatic carbocycles. The van der Waals surface area contributed by atoms with E-state index in [4.69, 9.17) is 0 Å². The molecule has 0 saturated carbocycles. The number of piperidine rings is 1. The van der Waals surface area contributed by atoms with E-state index in [0.717, 1.165) is 44.6 Å². The highest BCUT2D eigenvalue weighted by atomic mass is 16.4. The molecule has 24 heavy (non-hydrogen) atoms. The summed E-state index contributed by atoms with van der Waals surface area (Å²) in [5.74, 6) is -0.658. The van der Waals surface area contributed by atoms with Gasteiger partial charge in [0.2, 0.25) is 0 Å². The van der Waals surface area contributed by atoms with Crippen LogP contribution in [-0.4, -0.2) is 83.5 Å². The van der Waals surface area contributed by atoms with Gasteiger partial charge in [-0.1, -0.05) is 18.2 Å². The van der Waals surface area contributed by atoms with Gasteiger partial charge >= 0.3 is 5.97 Å². The Morgan fingerprint density at radius 1 is 1.04 bits per heavy atom. The van der Waals surface area contributed by atoms with E-state index in [2.05, 4.69) is 4.90 Å². The van der Waals surface area contributed by atoms with Crippen LogP contribution in [-0.2, 0) is 4.79 Å². The Labute approximate surface area is 142 Å². The molecule has 2 saturated heterocycles. The molecule has 2 fully saturated rings. The van der Waals surface area contributed by atoms with Crippen LogP contribution in [0.2, 0.25) is 0 Å². The van der Waals surface area contributed by atoms with Crippen molar-refractivity contribution in [2.45, 2.75) is 24.9 Å². The van der Waals surface area contributed by atoms with Crippen molar-refractivity contribution >= 4 is 11.9 Å². The molecule has 3 rings (SSSR count). The summed E-state index contributed by atoms with van der Waals surface area (Å²) in [4.78, 5) is 30.0. The summed E-state index contributed by atoms with van der Waals surface area (Å²) in [6, 6.07) is 9.34. The highest BCUT2D eigenvalue weighted by molar-refractivity contribution is 5.94. The fourth-order valence-electron chi connectivity index (χ4n) is 3.69. The predicted octanol–water partition coefficient (Wildman–Crippen LogP) is 0.992. The number of benzene rings is 1. The fraction of sp³-hybridized carbons (Fsp3) is 0.556.